The van der Waals surface area contributed by atoms with Crippen LogP contribution in [0.3, 0.4) is 0 Å². The maximum atomic E-state index is 12.7. The molecule has 1 aliphatic heterocycles. The van der Waals surface area contributed by atoms with E-state index in [1.165, 1.54) is 0 Å². The molecule has 1 aromatic carbocycles. The van der Waals surface area contributed by atoms with E-state index >= 15 is 0 Å². The third-order valence-electron chi connectivity index (χ3n) is 3.20. The molecule has 0 N–H and O–H groups in total. The molecule has 0 bridgehead atoms. The molecule has 21 heavy (non-hydrogen) atoms. The number of hydrogen-bond donors (Lipinski definition) is 0. The van der Waals surface area contributed by atoms with Gasteiger partial charge in [0.1, 0.15) is 0 Å². The Morgan fingerprint density at radius 3 is 1.76 bits per heavy atom. The second kappa shape index (κ2) is 5.84. The lowest BCUT2D eigenvalue weighted by Gasteiger charge is -2.26. The number of halogens is 6. The van der Waals surface area contributed by atoms with Crippen LogP contribution in [0.5, 0.6) is 0 Å². The van der Waals surface area contributed by atoms with Crippen molar-refractivity contribution in [3.8, 4) is 0 Å². The third-order valence-corrected chi connectivity index (χ3v) is 3.20. The van der Waals surface area contributed by atoms with E-state index in [-0.39, 0.29) is 18.2 Å². The highest BCUT2D eigenvalue weighted by molar-refractivity contribution is 5.33. The fourth-order valence-electron chi connectivity index (χ4n) is 2.17. The molecule has 0 atom stereocenters. The molecule has 1 aliphatic rings. The molecule has 1 heterocycles. The SMILES string of the molecule is FC(F)(F)c1cc(CN2CC[N]CC2)cc(C(F)(F)F)c1. The lowest BCUT2D eigenvalue weighted by Crippen LogP contribution is -2.39. The largest absolute Gasteiger partial charge is 0.416 e. The van der Waals surface area contributed by atoms with Crippen LogP contribution in [0, 0.1) is 0 Å². The number of nitrogens with zero attached hydrogens (tertiary/aromatic N) is 2. The van der Waals surface area contributed by atoms with Crippen LogP contribution in [0.25, 0.3) is 0 Å². The first-order valence-electron chi connectivity index (χ1n) is 6.30. The lowest BCUT2D eigenvalue weighted by atomic mass is 10.0. The predicted octanol–water partition coefficient (Wildman–Crippen LogP) is 3.14. The first-order valence-corrected chi connectivity index (χ1v) is 6.30. The Balaban J connectivity index is 2.31. The molecule has 0 aliphatic carbocycles. The van der Waals surface area contributed by atoms with E-state index in [0.717, 1.165) is 12.1 Å². The van der Waals surface area contributed by atoms with Gasteiger partial charge in [-0.1, -0.05) is 0 Å². The third kappa shape index (κ3) is 4.34. The molecule has 2 nitrogen and oxygen atoms in total. The fraction of sp³-hybridized carbons (Fsp3) is 0.538. The van der Waals surface area contributed by atoms with Crippen LogP contribution in [0.2, 0.25) is 0 Å². The molecule has 0 unspecified atom stereocenters. The van der Waals surface area contributed by atoms with Crippen LogP contribution < -0.4 is 5.32 Å². The summed E-state index contributed by atoms with van der Waals surface area (Å²) in [5, 5.41) is 4.08. The summed E-state index contributed by atoms with van der Waals surface area (Å²) in [6, 6.07) is 1.71. The zero-order valence-corrected chi connectivity index (χ0v) is 10.9. The Labute approximate surface area is 117 Å². The molecule has 8 heteroatoms. The minimum atomic E-state index is -4.80. The summed E-state index contributed by atoms with van der Waals surface area (Å²) in [6.07, 6.45) is -9.60. The summed E-state index contributed by atoms with van der Waals surface area (Å²) in [4.78, 5) is 1.79. The van der Waals surface area contributed by atoms with Gasteiger partial charge in [-0.15, -0.1) is 0 Å². The van der Waals surface area contributed by atoms with E-state index in [4.69, 9.17) is 0 Å². The van der Waals surface area contributed by atoms with Gasteiger partial charge in [-0.3, -0.25) is 4.90 Å². The van der Waals surface area contributed by atoms with E-state index in [9.17, 15) is 26.3 Å². The van der Waals surface area contributed by atoms with E-state index in [0.29, 0.717) is 26.2 Å². The Morgan fingerprint density at radius 2 is 1.33 bits per heavy atom. The first-order chi connectivity index (χ1) is 9.66. The average Bonchev–Trinajstić information content (AvgIpc) is 2.37. The molecule has 0 amide bonds. The molecule has 2 rings (SSSR count). The standard InChI is InChI=1S/C13H13F6N2/c14-12(15,16)10-5-9(6-11(7-10)13(17,18)19)8-21-3-1-20-2-4-21/h5-7H,1-4,8H2. The number of alkyl halides is 6. The highest BCUT2D eigenvalue weighted by atomic mass is 19.4. The highest BCUT2D eigenvalue weighted by Crippen LogP contribution is 2.36. The fourth-order valence-corrected chi connectivity index (χ4v) is 2.17. The monoisotopic (exact) mass is 311 g/mol. The van der Waals surface area contributed by atoms with Crippen LogP contribution in [0.1, 0.15) is 16.7 Å². The van der Waals surface area contributed by atoms with Crippen molar-refractivity contribution in [1.82, 2.24) is 10.2 Å². The van der Waals surface area contributed by atoms with Gasteiger partial charge in [-0.2, -0.15) is 26.3 Å². The summed E-state index contributed by atoms with van der Waals surface area (Å²) in [5.74, 6) is 0. The molecule has 1 fully saturated rings. The van der Waals surface area contributed by atoms with Crippen molar-refractivity contribution < 1.29 is 26.3 Å². The van der Waals surface area contributed by atoms with Gasteiger partial charge in [0, 0.05) is 32.7 Å². The molecular formula is C13H13F6N2. The van der Waals surface area contributed by atoms with Gasteiger partial charge in [0.25, 0.3) is 0 Å². The van der Waals surface area contributed by atoms with E-state index in [1.54, 1.807) is 4.90 Å². The van der Waals surface area contributed by atoms with Crippen molar-refractivity contribution in [2.75, 3.05) is 26.2 Å². The summed E-state index contributed by atoms with van der Waals surface area (Å²) >= 11 is 0. The topological polar surface area (TPSA) is 17.3 Å². The second-order valence-electron chi connectivity index (χ2n) is 4.86. The zero-order valence-electron chi connectivity index (χ0n) is 10.9. The zero-order chi connectivity index (χ0) is 15.7. The predicted molar refractivity (Wildman–Crippen MR) is 63.6 cm³/mol. The number of rotatable bonds is 2. The van der Waals surface area contributed by atoms with Crippen LogP contribution in [0.4, 0.5) is 26.3 Å². The van der Waals surface area contributed by atoms with Crippen molar-refractivity contribution in [3.63, 3.8) is 0 Å². The molecule has 0 aromatic heterocycles. The Kier molecular flexibility index (Phi) is 4.48. The van der Waals surface area contributed by atoms with E-state index in [2.05, 4.69) is 5.32 Å². The Morgan fingerprint density at radius 1 is 0.857 bits per heavy atom. The maximum Gasteiger partial charge on any atom is 0.416 e. The van der Waals surface area contributed by atoms with Gasteiger partial charge in [0.2, 0.25) is 0 Å². The van der Waals surface area contributed by atoms with Crippen LogP contribution in [0.15, 0.2) is 18.2 Å². The quantitative estimate of drug-likeness (QED) is 0.767. The van der Waals surface area contributed by atoms with Crippen molar-refractivity contribution in [3.05, 3.63) is 34.9 Å². The minimum absolute atomic E-state index is 0.0130. The van der Waals surface area contributed by atoms with Gasteiger partial charge in [-0.25, -0.2) is 5.32 Å². The normalized spacial score (nSPS) is 18.0. The van der Waals surface area contributed by atoms with E-state index < -0.39 is 23.5 Å². The first kappa shape index (κ1) is 16.1. The average molecular weight is 311 g/mol. The van der Waals surface area contributed by atoms with Gasteiger partial charge in [-0.05, 0) is 23.8 Å². The molecule has 1 saturated heterocycles. The Bertz CT molecular complexity index is 456. The lowest BCUT2D eigenvalue weighted by molar-refractivity contribution is -0.143. The van der Waals surface area contributed by atoms with Crippen LogP contribution in [-0.4, -0.2) is 31.1 Å². The molecule has 0 saturated carbocycles. The smallest absolute Gasteiger partial charge is 0.296 e. The summed E-state index contributed by atoms with van der Waals surface area (Å²) in [6.45, 7) is 2.23. The van der Waals surface area contributed by atoms with Gasteiger partial charge in [0.05, 0.1) is 11.1 Å². The summed E-state index contributed by atoms with van der Waals surface area (Å²) in [7, 11) is 0. The minimum Gasteiger partial charge on any atom is -0.296 e. The van der Waals surface area contributed by atoms with Gasteiger partial charge < -0.3 is 0 Å². The number of piperazine rings is 1. The molecule has 1 aromatic rings. The van der Waals surface area contributed by atoms with E-state index in [1.807, 2.05) is 0 Å². The molecule has 0 spiro atoms. The van der Waals surface area contributed by atoms with Crippen molar-refractivity contribution in [1.29, 1.82) is 0 Å². The molecular weight excluding hydrogens is 298 g/mol. The molecule has 117 valence electrons. The molecule has 1 radical (unpaired) electrons. The number of hydrogen-bond acceptors (Lipinski definition) is 1. The Hall–Kier alpha value is -1.28. The van der Waals surface area contributed by atoms with Crippen molar-refractivity contribution in [2.45, 2.75) is 18.9 Å². The second-order valence-corrected chi connectivity index (χ2v) is 4.86. The van der Waals surface area contributed by atoms with Crippen LogP contribution >= 0.6 is 0 Å². The summed E-state index contributed by atoms with van der Waals surface area (Å²) in [5.41, 5.74) is -2.53. The van der Waals surface area contributed by atoms with Gasteiger partial charge >= 0.3 is 12.4 Å². The van der Waals surface area contributed by atoms with Crippen LogP contribution in [-0.2, 0) is 18.9 Å². The highest BCUT2D eigenvalue weighted by Gasteiger charge is 2.36. The van der Waals surface area contributed by atoms with Crippen molar-refractivity contribution >= 4 is 0 Å². The van der Waals surface area contributed by atoms with Crippen molar-refractivity contribution in [2.24, 2.45) is 0 Å². The maximum absolute atomic E-state index is 12.7. The summed E-state index contributed by atoms with van der Waals surface area (Å²) < 4.78 is 76.3. The van der Waals surface area contributed by atoms with Gasteiger partial charge in [0.15, 0.2) is 0 Å². The number of benzene rings is 1.